The van der Waals surface area contributed by atoms with Gasteiger partial charge in [0.15, 0.2) is 0 Å². The summed E-state index contributed by atoms with van der Waals surface area (Å²) in [6, 6.07) is 9.69. The van der Waals surface area contributed by atoms with Crippen molar-refractivity contribution < 1.29 is 4.89 Å². The van der Waals surface area contributed by atoms with E-state index in [2.05, 4.69) is 0 Å². The Morgan fingerprint density at radius 1 is 1.22 bits per heavy atom. The monoisotopic (exact) mass is 140 g/mol. The molecule has 0 unspecified atom stereocenters. The molecule has 0 aliphatic rings. The molecule has 9 heavy (non-hydrogen) atoms. The summed E-state index contributed by atoms with van der Waals surface area (Å²) in [4.78, 5) is 9.09. The van der Waals surface area contributed by atoms with E-state index in [1.807, 2.05) is 37.0 Å². The second-order valence-electron chi connectivity index (χ2n) is 1.86. The van der Waals surface area contributed by atoms with Gasteiger partial charge in [0.2, 0.25) is 0 Å². The van der Waals surface area contributed by atoms with E-state index in [-0.39, 0.29) is 0 Å². The van der Waals surface area contributed by atoms with Gasteiger partial charge in [0, 0.05) is 5.30 Å². The van der Waals surface area contributed by atoms with Gasteiger partial charge in [-0.05, 0) is 6.66 Å². The van der Waals surface area contributed by atoms with Crippen LogP contribution in [0.2, 0.25) is 0 Å². The van der Waals surface area contributed by atoms with E-state index in [1.165, 1.54) is 0 Å². The molecular formula is C7H9OP. The van der Waals surface area contributed by atoms with Crippen molar-refractivity contribution in [3.8, 4) is 0 Å². The molecule has 0 amide bonds. The van der Waals surface area contributed by atoms with Crippen LogP contribution in [0.15, 0.2) is 30.3 Å². The lowest BCUT2D eigenvalue weighted by Crippen LogP contribution is -1.95. The van der Waals surface area contributed by atoms with Crippen LogP contribution in [0.3, 0.4) is 0 Å². The number of hydrogen-bond donors (Lipinski definition) is 1. The maximum absolute atomic E-state index is 9.09. The molecule has 2 heteroatoms. The Morgan fingerprint density at radius 2 is 1.78 bits per heavy atom. The molecule has 1 N–H and O–H groups in total. The fourth-order valence-corrected chi connectivity index (χ4v) is 1.25. The average molecular weight is 140 g/mol. The van der Waals surface area contributed by atoms with Gasteiger partial charge in [-0.15, -0.1) is 0 Å². The van der Waals surface area contributed by atoms with Crippen molar-refractivity contribution in [2.24, 2.45) is 0 Å². The van der Waals surface area contributed by atoms with Crippen molar-refractivity contribution in [1.82, 2.24) is 0 Å². The summed E-state index contributed by atoms with van der Waals surface area (Å²) >= 11 is 0. The van der Waals surface area contributed by atoms with Crippen LogP contribution in [0.25, 0.3) is 0 Å². The molecule has 0 spiro atoms. The van der Waals surface area contributed by atoms with Gasteiger partial charge < -0.3 is 4.89 Å². The third kappa shape index (κ3) is 1.78. The molecule has 0 fully saturated rings. The third-order valence-electron chi connectivity index (χ3n) is 1.13. The summed E-state index contributed by atoms with van der Waals surface area (Å²) in [5.41, 5.74) is 0. The molecular weight excluding hydrogens is 131 g/mol. The second kappa shape index (κ2) is 2.95. The molecule has 0 radical (unpaired) electrons. The van der Waals surface area contributed by atoms with Gasteiger partial charge >= 0.3 is 0 Å². The zero-order valence-electron chi connectivity index (χ0n) is 5.28. The SMILES string of the molecule is C[P@](O)c1ccccc1. The molecule has 48 valence electrons. The van der Waals surface area contributed by atoms with Crippen molar-refractivity contribution in [3.63, 3.8) is 0 Å². The lowest BCUT2D eigenvalue weighted by molar-refractivity contribution is 0.641. The first-order valence-corrected chi connectivity index (χ1v) is 4.52. The van der Waals surface area contributed by atoms with Crippen LogP contribution < -0.4 is 5.30 Å². The predicted molar refractivity (Wildman–Crippen MR) is 41.1 cm³/mol. The molecule has 0 aliphatic heterocycles. The number of hydrogen-bond acceptors (Lipinski definition) is 1. The first kappa shape index (κ1) is 6.73. The predicted octanol–water partition coefficient (Wildman–Crippen LogP) is 1.33. The Labute approximate surface area is 56.2 Å². The molecule has 0 saturated carbocycles. The van der Waals surface area contributed by atoms with E-state index in [0.717, 1.165) is 5.30 Å². The van der Waals surface area contributed by atoms with Crippen LogP contribution in [-0.2, 0) is 0 Å². The van der Waals surface area contributed by atoms with Crippen molar-refractivity contribution in [2.75, 3.05) is 6.66 Å². The second-order valence-corrected chi connectivity index (χ2v) is 3.42. The number of rotatable bonds is 1. The molecule has 0 heterocycles. The van der Waals surface area contributed by atoms with Gasteiger partial charge in [-0.3, -0.25) is 0 Å². The van der Waals surface area contributed by atoms with Crippen LogP contribution in [0.1, 0.15) is 0 Å². The first-order valence-electron chi connectivity index (χ1n) is 2.78. The Hall–Kier alpha value is -0.390. The van der Waals surface area contributed by atoms with E-state index in [9.17, 15) is 0 Å². The minimum atomic E-state index is -0.896. The molecule has 1 rings (SSSR count). The van der Waals surface area contributed by atoms with Crippen LogP contribution in [0.4, 0.5) is 0 Å². The van der Waals surface area contributed by atoms with Crippen molar-refractivity contribution >= 4 is 13.5 Å². The van der Waals surface area contributed by atoms with Gasteiger partial charge in [-0.2, -0.15) is 0 Å². The molecule has 0 saturated heterocycles. The van der Waals surface area contributed by atoms with Crippen LogP contribution >= 0.6 is 8.15 Å². The van der Waals surface area contributed by atoms with Gasteiger partial charge in [0.25, 0.3) is 0 Å². The van der Waals surface area contributed by atoms with Gasteiger partial charge in [-0.25, -0.2) is 0 Å². The fraction of sp³-hybridized carbons (Fsp3) is 0.143. The molecule has 0 bridgehead atoms. The van der Waals surface area contributed by atoms with Crippen molar-refractivity contribution in [1.29, 1.82) is 0 Å². The van der Waals surface area contributed by atoms with E-state index < -0.39 is 8.15 Å². The molecule has 1 aromatic carbocycles. The summed E-state index contributed by atoms with van der Waals surface area (Å²) in [7, 11) is -0.896. The molecule has 1 nitrogen and oxygen atoms in total. The highest BCUT2D eigenvalue weighted by Crippen LogP contribution is 2.21. The highest BCUT2D eigenvalue weighted by Gasteiger charge is 1.95. The molecule has 0 aromatic heterocycles. The zero-order valence-corrected chi connectivity index (χ0v) is 6.18. The Morgan fingerprint density at radius 3 is 2.11 bits per heavy atom. The van der Waals surface area contributed by atoms with Gasteiger partial charge in [0.1, 0.15) is 0 Å². The highest BCUT2D eigenvalue weighted by atomic mass is 31.1. The first-order chi connectivity index (χ1) is 4.30. The van der Waals surface area contributed by atoms with Crippen LogP contribution in [0, 0.1) is 0 Å². The van der Waals surface area contributed by atoms with E-state index >= 15 is 0 Å². The molecule has 0 aliphatic carbocycles. The summed E-state index contributed by atoms with van der Waals surface area (Å²) < 4.78 is 0. The summed E-state index contributed by atoms with van der Waals surface area (Å²) in [6.45, 7) is 1.82. The quantitative estimate of drug-likeness (QED) is 0.583. The van der Waals surface area contributed by atoms with Gasteiger partial charge in [0.05, 0.1) is 8.15 Å². The highest BCUT2D eigenvalue weighted by molar-refractivity contribution is 7.59. The maximum Gasteiger partial charge on any atom is 0.0531 e. The standard InChI is InChI=1S/C7H9OP/c1-9(8)7-5-3-2-4-6-7/h2-6,8H,1H3/t9-/m0/s1. The van der Waals surface area contributed by atoms with Crippen LogP contribution in [0.5, 0.6) is 0 Å². The van der Waals surface area contributed by atoms with Crippen molar-refractivity contribution in [3.05, 3.63) is 30.3 Å². The minimum Gasteiger partial charge on any atom is -0.369 e. The Kier molecular flexibility index (Phi) is 2.21. The summed E-state index contributed by atoms with van der Waals surface area (Å²) in [6.07, 6.45) is 0. The lowest BCUT2D eigenvalue weighted by atomic mass is 10.4. The van der Waals surface area contributed by atoms with E-state index in [0.29, 0.717) is 0 Å². The van der Waals surface area contributed by atoms with Crippen molar-refractivity contribution in [2.45, 2.75) is 0 Å². The van der Waals surface area contributed by atoms with E-state index in [4.69, 9.17) is 4.89 Å². The number of benzene rings is 1. The Balaban J connectivity index is 2.85. The summed E-state index contributed by atoms with van der Waals surface area (Å²) in [5.74, 6) is 0. The van der Waals surface area contributed by atoms with E-state index in [1.54, 1.807) is 0 Å². The third-order valence-corrected chi connectivity index (χ3v) is 2.18. The Bertz CT molecular complexity index is 172. The lowest BCUT2D eigenvalue weighted by Gasteiger charge is -2.00. The average Bonchev–Trinajstić information content (AvgIpc) is 1.90. The maximum atomic E-state index is 9.09. The smallest absolute Gasteiger partial charge is 0.0531 e. The molecule has 1 atom stereocenters. The zero-order chi connectivity index (χ0) is 6.69. The largest absolute Gasteiger partial charge is 0.369 e. The minimum absolute atomic E-state index is 0.896. The molecule has 1 aromatic rings. The topological polar surface area (TPSA) is 20.2 Å². The normalized spacial score (nSPS) is 13.1. The summed E-state index contributed by atoms with van der Waals surface area (Å²) in [5, 5.41) is 1.03. The van der Waals surface area contributed by atoms with Crippen LogP contribution in [-0.4, -0.2) is 11.6 Å². The fourth-order valence-electron chi connectivity index (χ4n) is 0.644. The van der Waals surface area contributed by atoms with Gasteiger partial charge in [-0.1, -0.05) is 30.3 Å².